The van der Waals surface area contributed by atoms with Crippen LogP contribution >= 0.6 is 39.0 Å². The molecule has 1 nitrogen and oxygen atoms in total. The third-order valence-electron chi connectivity index (χ3n) is 2.99. The third-order valence-corrected chi connectivity index (χ3v) is 6.50. The van der Waals surface area contributed by atoms with Gasteiger partial charge in [0.15, 0.2) is 0 Å². The van der Waals surface area contributed by atoms with Crippen LogP contribution in [0.15, 0.2) is 15.9 Å². The topological polar surface area (TPSA) is 26.0 Å². The Labute approximate surface area is 114 Å². The van der Waals surface area contributed by atoms with Crippen molar-refractivity contribution in [3.8, 4) is 0 Å². The molecule has 1 fully saturated rings. The van der Waals surface area contributed by atoms with Gasteiger partial charge in [-0.25, -0.2) is 0 Å². The Morgan fingerprint density at radius 2 is 2.25 bits per heavy atom. The number of nitrogens with two attached hydrogens (primary N) is 1. The standard InChI is InChI=1S/C12H18BrNS2/c13-11-5-6-15-12(11)7-9(14)8-16-10-3-1-2-4-10/h5-6,9-10H,1-4,7-8,14H2. The largest absolute Gasteiger partial charge is 0.327 e. The molecular formula is C12H18BrNS2. The van der Waals surface area contributed by atoms with Crippen LogP contribution in [0.25, 0.3) is 0 Å². The van der Waals surface area contributed by atoms with E-state index in [1.54, 1.807) is 11.3 Å². The van der Waals surface area contributed by atoms with Gasteiger partial charge in [-0.1, -0.05) is 12.8 Å². The van der Waals surface area contributed by atoms with E-state index >= 15 is 0 Å². The zero-order valence-corrected chi connectivity index (χ0v) is 12.5. The van der Waals surface area contributed by atoms with Crippen LogP contribution in [0.5, 0.6) is 0 Å². The first-order chi connectivity index (χ1) is 7.75. The molecule has 1 aromatic rings. The van der Waals surface area contributed by atoms with Gasteiger partial charge in [0.2, 0.25) is 0 Å². The van der Waals surface area contributed by atoms with E-state index in [-0.39, 0.29) is 0 Å². The lowest BCUT2D eigenvalue weighted by Crippen LogP contribution is -2.26. The summed E-state index contributed by atoms with van der Waals surface area (Å²) in [5.74, 6) is 1.11. The van der Waals surface area contributed by atoms with Gasteiger partial charge in [0.05, 0.1) is 0 Å². The van der Waals surface area contributed by atoms with Gasteiger partial charge in [-0.15, -0.1) is 11.3 Å². The lowest BCUT2D eigenvalue weighted by atomic mass is 10.2. The van der Waals surface area contributed by atoms with Gasteiger partial charge < -0.3 is 5.73 Å². The zero-order chi connectivity index (χ0) is 11.4. The number of halogens is 1. The molecule has 0 amide bonds. The van der Waals surface area contributed by atoms with E-state index in [4.69, 9.17) is 5.73 Å². The minimum atomic E-state index is 0.306. The number of hydrogen-bond acceptors (Lipinski definition) is 3. The van der Waals surface area contributed by atoms with Crippen molar-refractivity contribution in [1.82, 2.24) is 0 Å². The van der Waals surface area contributed by atoms with Crippen LogP contribution in [0.2, 0.25) is 0 Å². The second-order valence-electron chi connectivity index (χ2n) is 4.40. The molecule has 0 radical (unpaired) electrons. The summed E-state index contributed by atoms with van der Waals surface area (Å²) >= 11 is 7.44. The highest BCUT2D eigenvalue weighted by Gasteiger charge is 2.17. The summed E-state index contributed by atoms with van der Waals surface area (Å²) in [5, 5.41) is 3.01. The van der Waals surface area contributed by atoms with Gasteiger partial charge in [0.25, 0.3) is 0 Å². The molecule has 1 unspecified atom stereocenters. The van der Waals surface area contributed by atoms with Crippen LogP contribution in [-0.4, -0.2) is 17.0 Å². The van der Waals surface area contributed by atoms with Gasteiger partial charge in [-0.05, 0) is 46.6 Å². The molecule has 4 heteroatoms. The van der Waals surface area contributed by atoms with Gasteiger partial charge in [0.1, 0.15) is 0 Å². The molecule has 1 saturated carbocycles. The minimum absolute atomic E-state index is 0.306. The Kier molecular flexibility index (Phi) is 5.20. The lowest BCUT2D eigenvalue weighted by Gasteiger charge is -2.14. The molecule has 0 spiro atoms. The zero-order valence-electron chi connectivity index (χ0n) is 9.32. The van der Waals surface area contributed by atoms with Crippen LogP contribution in [0.3, 0.4) is 0 Å². The van der Waals surface area contributed by atoms with Crippen LogP contribution in [0.1, 0.15) is 30.6 Å². The van der Waals surface area contributed by atoms with Crippen LogP contribution in [0, 0.1) is 0 Å². The van der Waals surface area contributed by atoms with Crippen molar-refractivity contribution in [2.45, 2.75) is 43.4 Å². The average Bonchev–Trinajstić information content (AvgIpc) is 2.88. The van der Waals surface area contributed by atoms with Crippen LogP contribution in [-0.2, 0) is 6.42 Å². The van der Waals surface area contributed by atoms with Gasteiger partial charge in [0, 0.05) is 26.4 Å². The monoisotopic (exact) mass is 319 g/mol. The first-order valence-electron chi connectivity index (χ1n) is 5.85. The average molecular weight is 320 g/mol. The third kappa shape index (κ3) is 3.76. The molecule has 0 aliphatic heterocycles. The Balaban J connectivity index is 1.71. The molecule has 1 aliphatic carbocycles. The predicted octanol–water partition coefficient (Wildman–Crippen LogP) is 4.06. The Hall–Kier alpha value is 0.490. The molecule has 90 valence electrons. The summed E-state index contributed by atoms with van der Waals surface area (Å²) in [6, 6.07) is 2.41. The quantitative estimate of drug-likeness (QED) is 0.885. The van der Waals surface area contributed by atoms with Crippen molar-refractivity contribution in [1.29, 1.82) is 0 Å². The van der Waals surface area contributed by atoms with Gasteiger partial charge in [-0.3, -0.25) is 0 Å². The highest BCUT2D eigenvalue weighted by atomic mass is 79.9. The van der Waals surface area contributed by atoms with E-state index in [0.717, 1.165) is 17.4 Å². The van der Waals surface area contributed by atoms with E-state index in [9.17, 15) is 0 Å². The van der Waals surface area contributed by atoms with Gasteiger partial charge >= 0.3 is 0 Å². The molecule has 0 saturated heterocycles. The number of thioether (sulfide) groups is 1. The SMILES string of the molecule is NC(CSC1CCCC1)Cc1sccc1Br. The summed E-state index contributed by atoms with van der Waals surface area (Å²) in [7, 11) is 0. The van der Waals surface area contributed by atoms with Crippen molar-refractivity contribution in [2.75, 3.05) is 5.75 Å². The molecule has 1 aliphatic rings. The molecule has 1 atom stereocenters. The minimum Gasteiger partial charge on any atom is -0.327 e. The second kappa shape index (κ2) is 6.43. The first kappa shape index (κ1) is 12.9. The van der Waals surface area contributed by atoms with Crippen molar-refractivity contribution < 1.29 is 0 Å². The maximum absolute atomic E-state index is 6.18. The highest BCUT2D eigenvalue weighted by molar-refractivity contribution is 9.10. The lowest BCUT2D eigenvalue weighted by molar-refractivity contribution is 0.751. The van der Waals surface area contributed by atoms with Crippen LogP contribution < -0.4 is 5.73 Å². The maximum atomic E-state index is 6.18. The fourth-order valence-corrected chi connectivity index (χ4v) is 5.00. The molecule has 1 aromatic heterocycles. The molecule has 2 N–H and O–H groups in total. The Morgan fingerprint density at radius 3 is 2.88 bits per heavy atom. The van der Waals surface area contributed by atoms with Crippen molar-refractivity contribution >= 4 is 39.0 Å². The van der Waals surface area contributed by atoms with E-state index in [0.29, 0.717) is 6.04 Å². The number of rotatable bonds is 5. The van der Waals surface area contributed by atoms with E-state index in [2.05, 4.69) is 39.1 Å². The van der Waals surface area contributed by atoms with Crippen molar-refractivity contribution in [3.63, 3.8) is 0 Å². The summed E-state index contributed by atoms with van der Waals surface area (Å²) in [6.45, 7) is 0. The molecule has 0 bridgehead atoms. The van der Waals surface area contributed by atoms with Crippen LogP contribution in [0.4, 0.5) is 0 Å². The Morgan fingerprint density at radius 1 is 1.50 bits per heavy atom. The van der Waals surface area contributed by atoms with E-state index in [1.807, 2.05) is 0 Å². The number of hydrogen-bond donors (Lipinski definition) is 1. The van der Waals surface area contributed by atoms with E-state index < -0.39 is 0 Å². The maximum Gasteiger partial charge on any atom is 0.0314 e. The smallest absolute Gasteiger partial charge is 0.0314 e. The molecule has 2 rings (SSSR count). The fourth-order valence-electron chi connectivity index (χ4n) is 2.08. The van der Waals surface area contributed by atoms with Gasteiger partial charge in [-0.2, -0.15) is 11.8 Å². The van der Waals surface area contributed by atoms with Crippen molar-refractivity contribution in [2.24, 2.45) is 5.73 Å². The number of thiophene rings is 1. The first-order valence-corrected chi connectivity index (χ1v) is 8.57. The fraction of sp³-hybridized carbons (Fsp3) is 0.667. The summed E-state index contributed by atoms with van der Waals surface area (Å²) in [4.78, 5) is 1.39. The summed E-state index contributed by atoms with van der Waals surface area (Å²) < 4.78 is 1.22. The Bertz CT molecular complexity index is 321. The highest BCUT2D eigenvalue weighted by Crippen LogP contribution is 2.30. The summed E-state index contributed by atoms with van der Waals surface area (Å²) in [5.41, 5.74) is 6.18. The van der Waals surface area contributed by atoms with E-state index in [1.165, 1.54) is 35.0 Å². The van der Waals surface area contributed by atoms with Crippen molar-refractivity contribution in [3.05, 3.63) is 20.8 Å². The second-order valence-corrected chi connectivity index (χ2v) is 7.58. The molecular weight excluding hydrogens is 302 g/mol. The normalized spacial score (nSPS) is 19.1. The predicted molar refractivity (Wildman–Crippen MR) is 78.4 cm³/mol. The molecule has 16 heavy (non-hydrogen) atoms. The molecule has 1 heterocycles. The summed E-state index contributed by atoms with van der Waals surface area (Å²) in [6.07, 6.45) is 6.66. The molecule has 0 aromatic carbocycles.